The summed E-state index contributed by atoms with van der Waals surface area (Å²) in [6, 6.07) is 7.41. The number of likely N-dealkylation sites (tertiary alicyclic amines) is 1. The molecule has 5 nitrogen and oxygen atoms in total. The molecule has 102 valence electrons. The van der Waals surface area contributed by atoms with Gasteiger partial charge in [0.25, 0.3) is 0 Å². The number of para-hydroxylation sites is 1. The molecule has 0 saturated carbocycles. The van der Waals surface area contributed by atoms with Crippen LogP contribution < -0.4 is 10.1 Å². The third-order valence-electron chi connectivity index (χ3n) is 3.22. The van der Waals surface area contributed by atoms with E-state index in [1.807, 2.05) is 24.3 Å². The van der Waals surface area contributed by atoms with Gasteiger partial charge in [0.2, 0.25) is 0 Å². The van der Waals surface area contributed by atoms with Gasteiger partial charge in [-0.05, 0) is 18.9 Å². The topological polar surface area (TPSA) is 58.6 Å². The van der Waals surface area contributed by atoms with Crippen LogP contribution in [0.1, 0.15) is 18.4 Å². The zero-order valence-electron chi connectivity index (χ0n) is 11.0. The third-order valence-corrected chi connectivity index (χ3v) is 3.22. The van der Waals surface area contributed by atoms with E-state index in [1.54, 1.807) is 12.0 Å². The summed E-state index contributed by atoms with van der Waals surface area (Å²) >= 11 is 0. The lowest BCUT2D eigenvalue weighted by Gasteiger charge is -2.15. The van der Waals surface area contributed by atoms with E-state index >= 15 is 0 Å². The minimum Gasteiger partial charge on any atom is -0.496 e. The van der Waals surface area contributed by atoms with Gasteiger partial charge in [-0.25, -0.2) is 0 Å². The fourth-order valence-corrected chi connectivity index (χ4v) is 2.16. The van der Waals surface area contributed by atoms with Gasteiger partial charge in [0.05, 0.1) is 7.11 Å². The number of amides is 2. The number of hydrogen-bond acceptors (Lipinski definition) is 3. The number of methoxy groups -OCH3 is 1. The van der Waals surface area contributed by atoms with Crippen LogP contribution in [0.2, 0.25) is 0 Å². The van der Waals surface area contributed by atoms with Crippen LogP contribution in [0.15, 0.2) is 24.3 Å². The summed E-state index contributed by atoms with van der Waals surface area (Å²) in [5.74, 6) is -0.281. The second-order valence-electron chi connectivity index (χ2n) is 4.49. The fraction of sp³-hybridized carbons (Fsp3) is 0.429. The highest BCUT2D eigenvalue weighted by atomic mass is 16.5. The van der Waals surface area contributed by atoms with Gasteiger partial charge in [0.15, 0.2) is 0 Å². The Labute approximate surface area is 112 Å². The highest BCUT2D eigenvalue weighted by Gasteiger charge is 2.24. The molecule has 5 heteroatoms. The summed E-state index contributed by atoms with van der Waals surface area (Å²) in [6.07, 6.45) is 1.96. The van der Waals surface area contributed by atoms with Crippen molar-refractivity contribution in [2.24, 2.45) is 0 Å². The molecule has 1 aliphatic rings. The van der Waals surface area contributed by atoms with E-state index in [2.05, 4.69) is 5.32 Å². The molecule has 1 aliphatic heterocycles. The van der Waals surface area contributed by atoms with E-state index in [-0.39, 0.29) is 0 Å². The Bertz CT molecular complexity index is 468. The lowest BCUT2D eigenvalue weighted by molar-refractivity contribution is -0.145. The Hall–Kier alpha value is -2.04. The Balaban J connectivity index is 1.91. The van der Waals surface area contributed by atoms with Crippen LogP contribution in [0.5, 0.6) is 5.75 Å². The van der Waals surface area contributed by atoms with Crippen molar-refractivity contribution >= 4 is 11.8 Å². The normalized spacial score (nSPS) is 14.3. The van der Waals surface area contributed by atoms with E-state index in [4.69, 9.17) is 4.74 Å². The van der Waals surface area contributed by atoms with Crippen LogP contribution in [0.25, 0.3) is 0 Å². The summed E-state index contributed by atoms with van der Waals surface area (Å²) in [7, 11) is 1.58. The molecule has 0 unspecified atom stereocenters. The highest BCUT2D eigenvalue weighted by molar-refractivity contribution is 6.35. The van der Waals surface area contributed by atoms with Crippen molar-refractivity contribution < 1.29 is 14.3 Å². The Morgan fingerprint density at radius 1 is 1.26 bits per heavy atom. The van der Waals surface area contributed by atoms with Crippen LogP contribution in [0, 0.1) is 0 Å². The summed E-state index contributed by atoms with van der Waals surface area (Å²) in [4.78, 5) is 25.2. The zero-order chi connectivity index (χ0) is 13.7. The van der Waals surface area contributed by atoms with Crippen LogP contribution in [0.4, 0.5) is 0 Å². The molecule has 0 radical (unpaired) electrons. The van der Waals surface area contributed by atoms with Gasteiger partial charge in [0, 0.05) is 25.2 Å². The molecule has 1 fully saturated rings. The largest absolute Gasteiger partial charge is 0.496 e. The zero-order valence-corrected chi connectivity index (χ0v) is 11.0. The number of nitrogens with zero attached hydrogens (tertiary/aromatic N) is 1. The molecule has 2 amide bonds. The molecule has 2 rings (SSSR count). The molecular formula is C14H18N2O3. The van der Waals surface area contributed by atoms with Gasteiger partial charge in [-0.2, -0.15) is 0 Å². The van der Waals surface area contributed by atoms with Crippen molar-refractivity contribution in [1.82, 2.24) is 10.2 Å². The maximum Gasteiger partial charge on any atom is 0.311 e. The molecule has 1 aromatic carbocycles. The summed E-state index contributed by atoms with van der Waals surface area (Å²) < 4.78 is 5.19. The smallest absolute Gasteiger partial charge is 0.311 e. The Morgan fingerprint density at radius 3 is 2.63 bits per heavy atom. The first-order chi connectivity index (χ1) is 9.22. The average Bonchev–Trinajstić information content (AvgIpc) is 2.98. The van der Waals surface area contributed by atoms with Crippen molar-refractivity contribution in [2.45, 2.75) is 19.4 Å². The van der Waals surface area contributed by atoms with Crippen LogP contribution >= 0.6 is 0 Å². The van der Waals surface area contributed by atoms with Crippen LogP contribution in [-0.2, 0) is 16.1 Å². The first kappa shape index (κ1) is 13.4. The molecule has 0 bridgehead atoms. The molecule has 1 heterocycles. The second-order valence-corrected chi connectivity index (χ2v) is 4.49. The second kappa shape index (κ2) is 6.22. The molecule has 19 heavy (non-hydrogen) atoms. The Morgan fingerprint density at radius 2 is 1.95 bits per heavy atom. The Kier molecular flexibility index (Phi) is 4.39. The predicted molar refractivity (Wildman–Crippen MR) is 70.7 cm³/mol. The number of hydrogen-bond donors (Lipinski definition) is 1. The van der Waals surface area contributed by atoms with Crippen LogP contribution in [0.3, 0.4) is 0 Å². The van der Waals surface area contributed by atoms with Crippen molar-refractivity contribution in [3.63, 3.8) is 0 Å². The van der Waals surface area contributed by atoms with Gasteiger partial charge in [-0.3, -0.25) is 9.59 Å². The monoisotopic (exact) mass is 262 g/mol. The van der Waals surface area contributed by atoms with Crippen molar-refractivity contribution in [3.8, 4) is 5.75 Å². The lowest BCUT2D eigenvalue weighted by atomic mass is 10.2. The summed E-state index contributed by atoms with van der Waals surface area (Å²) in [6.45, 7) is 1.66. The number of benzene rings is 1. The number of carbonyl (C=O) groups excluding carboxylic acids is 2. The van der Waals surface area contributed by atoms with Gasteiger partial charge >= 0.3 is 11.8 Å². The summed E-state index contributed by atoms with van der Waals surface area (Å²) in [5.41, 5.74) is 0.854. The number of nitrogens with one attached hydrogen (secondary N) is 1. The van der Waals surface area contributed by atoms with E-state index in [0.29, 0.717) is 25.4 Å². The van der Waals surface area contributed by atoms with E-state index < -0.39 is 11.8 Å². The molecule has 1 aromatic rings. The SMILES string of the molecule is COc1ccccc1CNC(=O)C(=O)N1CCCC1. The highest BCUT2D eigenvalue weighted by Crippen LogP contribution is 2.16. The first-order valence-corrected chi connectivity index (χ1v) is 6.41. The molecule has 0 atom stereocenters. The first-order valence-electron chi connectivity index (χ1n) is 6.41. The third kappa shape index (κ3) is 3.24. The van der Waals surface area contributed by atoms with Crippen molar-refractivity contribution in [1.29, 1.82) is 0 Å². The predicted octanol–water partition coefficient (Wildman–Crippen LogP) is 0.934. The van der Waals surface area contributed by atoms with Crippen molar-refractivity contribution in [3.05, 3.63) is 29.8 Å². The molecule has 0 aromatic heterocycles. The molecule has 1 N–H and O–H groups in total. The maximum atomic E-state index is 11.8. The molecule has 0 spiro atoms. The number of rotatable bonds is 3. The van der Waals surface area contributed by atoms with E-state index in [1.165, 1.54) is 0 Å². The number of ether oxygens (including phenoxy) is 1. The van der Waals surface area contributed by atoms with Gasteiger partial charge in [-0.15, -0.1) is 0 Å². The molecule has 0 aliphatic carbocycles. The van der Waals surface area contributed by atoms with Crippen molar-refractivity contribution in [2.75, 3.05) is 20.2 Å². The quantitative estimate of drug-likeness (QED) is 0.825. The minimum atomic E-state index is -0.548. The lowest BCUT2D eigenvalue weighted by Crippen LogP contribution is -2.41. The van der Waals surface area contributed by atoms with Gasteiger partial charge < -0.3 is 15.0 Å². The summed E-state index contributed by atoms with van der Waals surface area (Å²) in [5, 5.41) is 2.64. The van der Waals surface area contributed by atoms with Crippen LogP contribution in [-0.4, -0.2) is 36.9 Å². The average molecular weight is 262 g/mol. The molecular weight excluding hydrogens is 244 g/mol. The van der Waals surface area contributed by atoms with E-state index in [9.17, 15) is 9.59 Å². The fourth-order valence-electron chi connectivity index (χ4n) is 2.16. The molecule has 1 saturated heterocycles. The van der Waals surface area contributed by atoms with Gasteiger partial charge in [-0.1, -0.05) is 18.2 Å². The maximum absolute atomic E-state index is 11.8. The standard InChI is InChI=1S/C14H18N2O3/c1-19-12-7-3-2-6-11(12)10-15-13(17)14(18)16-8-4-5-9-16/h2-3,6-7H,4-5,8-10H2,1H3,(H,15,17). The number of carbonyl (C=O) groups is 2. The van der Waals surface area contributed by atoms with E-state index in [0.717, 1.165) is 18.4 Å². The van der Waals surface area contributed by atoms with Gasteiger partial charge in [0.1, 0.15) is 5.75 Å². The minimum absolute atomic E-state index is 0.294.